The summed E-state index contributed by atoms with van der Waals surface area (Å²) in [6.07, 6.45) is 0. The molecule has 1 aliphatic heterocycles. The number of benzene rings is 1. The van der Waals surface area contributed by atoms with Gasteiger partial charge in [0.05, 0.1) is 20.8 Å². The number of nitrogens with zero attached hydrogens (tertiary/aromatic N) is 2. The second kappa shape index (κ2) is 6.69. The van der Waals surface area contributed by atoms with Crippen LogP contribution in [0.3, 0.4) is 0 Å². The van der Waals surface area contributed by atoms with Crippen molar-refractivity contribution in [3.8, 4) is 11.5 Å². The van der Waals surface area contributed by atoms with Crippen LogP contribution in [-0.4, -0.2) is 60.2 Å². The molecule has 128 valence electrons. The van der Waals surface area contributed by atoms with E-state index in [0.717, 1.165) is 4.90 Å². The summed E-state index contributed by atoms with van der Waals surface area (Å²) in [5.41, 5.74) is 0.240. The summed E-state index contributed by atoms with van der Waals surface area (Å²) in [5.74, 6) is -1.61. The van der Waals surface area contributed by atoms with Gasteiger partial charge in [-0.2, -0.15) is 0 Å². The van der Waals surface area contributed by atoms with Crippen molar-refractivity contribution in [3.63, 3.8) is 0 Å². The first-order chi connectivity index (χ1) is 11.3. The predicted molar refractivity (Wildman–Crippen MR) is 83.0 cm³/mol. The number of hydrogen-bond donors (Lipinski definition) is 0. The van der Waals surface area contributed by atoms with Gasteiger partial charge in [-0.1, -0.05) is 0 Å². The highest BCUT2D eigenvalue weighted by molar-refractivity contribution is 6.45. The van der Waals surface area contributed by atoms with Gasteiger partial charge in [0.15, 0.2) is 17.3 Å². The minimum absolute atomic E-state index is 0.240. The monoisotopic (exact) mass is 334 g/mol. The number of urea groups is 1. The molecule has 0 N–H and O–H groups in total. The van der Waals surface area contributed by atoms with Gasteiger partial charge in [0.25, 0.3) is 0 Å². The van der Waals surface area contributed by atoms with E-state index in [1.807, 2.05) is 0 Å². The second-order valence-electron chi connectivity index (χ2n) is 5.44. The maximum absolute atomic E-state index is 12.4. The van der Waals surface area contributed by atoms with Gasteiger partial charge < -0.3 is 9.47 Å². The van der Waals surface area contributed by atoms with Crippen LogP contribution in [0.2, 0.25) is 0 Å². The van der Waals surface area contributed by atoms with Gasteiger partial charge >= 0.3 is 17.8 Å². The molecule has 0 spiro atoms. The van der Waals surface area contributed by atoms with Crippen LogP contribution in [-0.2, 0) is 9.59 Å². The molecule has 1 aliphatic rings. The lowest BCUT2D eigenvalue weighted by Crippen LogP contribution is -2.39. The van der Waals surface area contributed by atoms with Crippen LogP contribution in [0.1, 0.15) is 24.2 Å². The van der Waals surface area contributed by atoms with E-state index in [0.29, 0.717) is 16.4 Å². The van der Waals surface area contributed by atoms with Gasteiger partial charge in [-0.3, -0.25) is 19.3 Å². The predicted octanol–water partition coefficient (Wildman–Crippen LogP) is 1.09. The number of carbonyl (C=O) groups is 4. The number of carbonyl (C=O) groups excluding carboxylic acids is 4. The van der Waals surface area contributed by atoms with Gasteiger partial charge in [-0.05, 0) is 32.0 Å². The van der Waals surface area contributed by atoms with E-state index in [-0.39, 0.29) is 5.56 Å². The third-order valence-corrected chi connectivity index (χ3v) is 3.61. The Kier molecular flexibility index (Phi) is 4.87. The van der Waals surface area contributed by atoms with Crippen molar-refractivity contribution in [1.29, 1.82) is 0 Å². The molecule has 0 bridgehead atoms. The lowest BCUT2D eigenvalue weighted by Gasteiger charge is -2.18. The van der Waals surface area contributed by atoms with E-state index >= 15 is 0 Å². The lowest BCUT2D eigenvalue weighted by molar-refractivity contribution is -0.143. The number of ketones is 1. The zero-order valence-electron chi connectivity index (χ0n) is 13.9. The highest BCUT2D eigenvalue weighted by atomic mass is 16.5. The van der Waals surface area contributed by atoms with Crippen molar-refractivity contribution >= 4 is 23.6 Å². The smallest absolute Gasteiger partial charge is 0.334 e. The molecule has 0 unspecified atom stereocenters. The van der Waals surface area contributed by atoms with E-state index in [1.54, 1.807) is 19.9 Å². The molecule has 1 aromatic rings. The number of imide groups is 2. The molecule has 4 amide bonds. The Morgan fingerprint density at radius 2 is 1.67 bits per heavy atom. The van der Waals surface area contributed by atoms with E-state index in [1.165, 1.54) is 26.4 Å². The van der Waals surface area contributed by atoms with Gasteiger partial charge in [0, 0.05) is 11.6 Å². The number of Topliss-reactive ketones (excluding diaryl/α,β-unsaturated/α-hetero) is 1. The highest BCUT2D eigenvalue weighted by Gasteiger charge is 2.46. The quantitative estimate of drug-likeness (QED) is 0.439. The van der Waals surface area contributed by atoms with Gasteiger partial charge in [-0.25, -0.2) is 9.69 Å². The molecule has 0 aliphatic carbocycles. The van der Waals surface area contributed by atoms with E-state index in [2.05, 4.69) is 0 Å². The minimum atomic E-state index is -0.998. The van der Waals surface area contributed by atoms with Crippen LogP contribution in [0.15, 0.2) is 18.2 Å². The van der Waals surface area contributed by atoms with Crippen LogP contribution in [0.5, 0.6) is 11.5 Å². The molecule has 1 fully saturated rings. The van der Waals surface area contributed by atoms with Crippen LogP contribution < -0.4 is 9.47 Å². The lowest BCUT2D eigenvalue weighted by atomic mass is 10.1. The molecule has 8 nitrogen and oxygen atoms in total. The third-order valence-electron chi connectivity index (χ3n) is 3.61. The number of methoxy groups -OCH3 is 2. The van der Waals surface area contributed by atoms with E-state index < -0.39 is 36.2 Å². The van der Waals surface area contributed by atoms with E-state index in [4.69, 9.17) is 9.47 Å². The first kappa shape index (κ1) is 17.5. The third kappa shape index (κ3) is 2.94. The maximum atomic E-state index is 12.4. The first-order valence-electron chi connectivity index (χ1n) is 7.26. The summed E-state index contributed by atoms with van der Waals surface area (Å²) in [6.45, 7) is 2.72. The van der Waals surface area contributed by atoms with E-state index in [9.17, 15) is 19.2 Å². The fraction of sp³-hybridized carbons (Fsp3) is 0.375. The van der Waals surface area contributed by atoms with Crippen LogP contribution in [0.25, 0.3) is 0 Å². The molecule has 2 rings (SSSR count). The topological polar surface area (TPSA) is 93.2 Å². The number of ether oxygens (including phenoxy) is 2. The maximum Gasteiger partial charge on any atom is 0.334 e. The minimum Gasteiger partial charge on any atom is -0.493 e. The molecule has 0 radical (unpaired) electrons. The van der Waals surface area contributed by atoms with Crippen molar-refractivity contribution < 1.29 is 28.7 Å². The van der Waals surface area contributed by atoms with Crippen LogP contribution in [0, 0.1) is 0 Å². The van der Waals surface area contributed by atoms with Gasteiger partial charge in [0.2, 0.25) is 0 Å². The van der Waals surface area contributed by atoms with Gasteiger partial charge in [-0.15, -0.1) is 0 Å². The second-order valence-corrected chi connectivity index (χ2v) is 5.44. The Labute approximate surface area is 138 Å². The summed E-state index contributed by atoms with van der Waals surface area (Å²) in [5, 5.41) is 0. The summed E-state index contributed by atoms with van der Waals surface area (Å²) >= 11 is 0. The molecule has 8 heteroatoms. The first-order valence-corrected chi connectivity index (χ1v) is 7.26. The molecule has 1 heterocycles. The molecule has 0 atom stereocenters. The average molecular weight is 334 g/mol. The number of rotatable bonds is 6. The summed E-state index contributed by atoms with van der Waals surface area (Å²) in [4.78, 5) is 49.8. The zero-order valence-corrected chi connectivity index (χ0v) is 13.9. The molecule has 0 saturated carbocycles. The SMILES string of the molecule is COc1ccc(C(=O)CN2C(=O)C(=O)N(C(C)C)C2=O)cc1OC. The summed E-state index contributed by atoms with van der Waals surface area (Å²) in [7, 11) is 2.89. The normalized spacial score (nSPS) is 14.6. The van der Waals surface area contributed by atoms with Crippen molar-refractivity contribution in [2.24, 2.45) is 0 Å². The molecule has 1 saturated heterocycles. The molecular weight excluding hydrogens is 316 g/mol. The standard InChI is InChI=1S/C16H18N2O6/c1-9(2)18-15(21)14(20)17(16(18)22)8-11(19)10-5-6-12(23-3)13(7-10)24-4/h5-7,9H,8H2,1-4H3. The number of amides is 4. The summed E-state index contributed by atoms with van der Waals surface area (Å²) in [6, 6.07) is 3.25. The van der Waals surface area contributed by atoms with Crippen LogP contribution >= 0.6 is 0 Å². The largest absolute Gasteiger partial charge is 0.493 e. The van der Waals surface area contributed by atoms with Crippen LogP contribution in [0.4, 0.5) is 4.79 Å². The van der Waals surface area contributed by atoms with Crippen molar-refractivity contribution in [2.45, 2.75) is 19.9 Å². The fourth-order valence-corrected chi connectivity index (χ4v) is 2.36. The molecule has 24 heavy (non-hydrogen) atoms. The highest BCUT2D eigenvalue weighted by Crippen LogP contribution is 2.28. The number of hydrogen-bond acceptors (Lipinski definition) is 6. The van der Waals surface area contributed by atoms with Crippen molar-refractivity contribution in [2.75, 3.05) is 20.8 Å². The van der Waals surface area contributed by atoms with Gasteiger partial charge in [0.1, 0.15) is 0 Å². The molecule has 1 aromatic carbocycles. The Morgan fingerprint density at radius 3 is 2.17 bits per heavy atom. The Hall–Kier alpha value is -2.90. The Balaban J connectivity index is 2.22. The Morgan fingerprint density at radius 1 is 1.04 bits per heavy atom. The average Bonchev–Trinajstić information content (AvgIpc) is 2.77. The van der Waals surface area contributed by atoms with Crippen molar-refractivity contribution in [3.05, 3.63) is 23.8 Å². The molecule has 0 aromatic heterocycles. The van der Waals surface area contributed by atoms with Crippen molar-refractivity contribution in [1.82, 2.24) is 9.80 Å². The fourth-order valence-electron chi connectivity index (χ4n) is 2.36. The summed E-state index contributed by atoms with van der Waals surface area (Å²) < 4.78 is 10.2. The Bertz CT molecular complexity index is 713. The molecular formula is C16H18N2O6. The zero-order chi connectivity index (χ0) is 18.0.